The van der Waals surface area contributed by atoms with Gasteiger partial charge in [-0.2, -0.15) is 0 Å². The van der Waals surface area contributed by atoms with E-state index in [2.05, 4.69) is 27.1 Å². The Kier molecular flexibility index (Phi) is 10.8. The van der Waals surface area contributed by atoms with Crippen LogP contribution in [0.15, 0.2) is 0 Å². The Hall–Kier alpha value is -0.810. The minimum atomic E-state index is -0.848. The number of piperazine rings is 1. The molecule has 240 valence electrons. The van der Waals surface area contributed by atoms with Crippen molar-refractivity contribution >= 4 is 5.91 Å². The summed E-state index contributed by atoms with van der Waals surface area (Å²) in [7, 11) is 2.22. The van der Waals surface area contributed by atoms with E-state index in [9.17, 15) is 15.0 Å². The first-order valence-electron chi connectivity index (χ1n) is 17.4. The Balaban J connectivity index is 1.11. The second-order valence-electron chi connectivity index (χ2n) is 14.9. The maximum Gasteiger partial charge on any atom is 0.230 e. The van der Waals surface area contributed by atoms with Gasteiger partial charge in [0, 0.05) is 84.0 Å². The number of nitrogens with zero attached hydrogens (tertiary/aromatic N) is 3. The van der Waals surface area contributed by atoms with Crippen LogP contribution in [0.5, 0.6) is 0 Å². The van der Waals surface area contributed by atoms with E-state index in [1.165, 1.54) is 58.2 Å². The van der Waals surface area contributed by atoms with Crippen LogP contribution in [0.4, 0.5) is 0 Å². The summed E-state index contributed by atoms with van der Waals surface area (Å²) in [5, 5.41) is 25.6. The SMILES string of the molecule is CN1CCN(CC2CC3CCN(C(=O)C4C(O)CC(O)CC4OCC4CCCCC4)CC3C(N[C@H]3CCOC3)C2)CC1. The number of hydrogen-bond acceptors (Lipinski definition) is 8. The highest BCUT2D eigenvalue weighted by molar-refractivity contribution is 5.80. The fourth-order valence-electron chi connectivity index (χ4n) is 9.25. The first-order valence-corrected chi connectivity index (χ1v) is 17.4. The fourth-order valence-corrected chi connectivity index (χ4v) is 9.25. The van der Waals surface area contributed by atoms with E-state index in [0.717, 1.165) is 58.7 Å². The Morgan fingerprint density at radius 3 is 2.50 bits per heavy atom. The van der Waals surface area contributed by atoms with Crippen molar-refractivity contribution in [1.82, 2.24) is 20.0 Å². The molecule has 3 aliphatic heterocycles. The summed E-state index contributed by atoms with van der Waals surface area (Å²) in [5.41, 5.74) is 0. The van der Waals surface area contributed by atoms with E-state index in [1.54, 1.807) is 0 Å². The fraction of sp³-hybridized carbons (Fsp3) is 0.970. The molecule has 3 saturated carbocycles. The molecule has 6 fully saturated rings. The zero-order valence-corrected chi connectivity index (χ0v) is 26.1. The van der Waals surface area contributed by atoms with Gasteiger partial charge < -0.3 is 39.7 Å². The topological polar surface area (TPSA) is 97.7 Å². The summed E-state index contributed by atoms with van der Waals surface area (Å²) in [6.45, 7) is 9.63. The van der Waals surface area contributed by atoms with E-state index in [4.69, 9.17) is 9.47 Å². The van der Waals surface area contributed by atoms with Crippen LogP contribution < -0.4 is 5.32 Å². The number of piperidine rings is 1. The first-order chi connectivity index (χ1) is 20.4. The van der Waals surface area contributed by atoms with Crippen molar-refractivity contribution in [3.8, 4) is 0 Å². The highest BCUT2D eigenvalue weighted by Crippen LogP contribution is 2.41. The molecule has 6 rings (SSSR count). The van der Waals surface area contributed by atoms with Gasteiger partial charge in [-0.05, 0) is 69.2 Å². The summed E-state index contributed by atoms with van der Waals surface area (Å²) < 4.78 is 12.1. The lowest BCUT2D eigenvalue weighted by atomic mass is 9.67. The highest BCUT2D eigenvalue weighted by Gasteiger charge is 2.48. The quantitative estimate of drug-likeness (QED) is 0.395. The number of nitrogens with one attached hydrogen (secondary N) is 1. The van der Waals surface area contributed by atoms with Crippen LogP contribution in [0.3, 0.4) is 0 Å². The predicted octanol–water partition coefficient (Wildman–Crippen LogP) is 1.95. The monoisotopic (exact) mass is 590 g/mol. The minimum Gasteiger partial charge on any atom is -0.393 e. The van der Waals surface area contributed by atoms with Crippen LogP contribution in [-0.2, 0) is 14.3 Å². The molecule has 1 amide bonds. The van der Waals surface area contributed by atoms with Crippen molar-refractivity contribution in [3.05, 3.63) is 0 Å². The molecule has 42 heavy (non-hydrogen) atoms. The van der Waals surface area contributed by atoms with Gasteiger partial charge in [0.15, 0.2) is 0 Å². The van der Waals surface area contributed by atoms with Crippen LogP contribution in [0.1, 0.15) is 70.6 Å². The molecule has 0 bridgehead atoms. The van der Waals surface area contributed by atoms with Gasteiger partial charge in [-0.15, -0.1) is 0 Å². The average Bonchev–Trinajstić information content (AvgIpc) is 3.50. The molecular weight excluding hydrogens is 532 g/mol. The molecule has 3 N–H and O–H groups in total. The molecule has 3 saturated heterocycles. The van der Waals surface area contributed by atoms with Crippen molar-refractivity contribution in [3.63, 3.8) is 0 Å². The number of fused-ring (bicyclic) bond motifs is 1. The Morgan fingerprint density at radius 2 is 1.74 bits per heavy atom. The molecule has 3 heterocycles. The van der Waals surface area contributed by atoms with Gasteiger partial charge in [0.05, 0.1) is 30.8 Å². The van der Waals surface area contributed by atoms with Crippen LogP contribution in [0.25, 0.3) is 0 Å². The lowest BCUT2D eigenvalue weighted by Crippen LogP contribution is -2.60. The number of amides is 1. The summed E-state index contributed by atoms with van der Waals surface area (Å²) in [6.07, 6.45) is 9.54. The summed E-state index contributed by atoms with van der Waals surface area (Å²) in [6, 6.07) is 0.795. The second-order valence-corrected chi connectivity index (χ2v) is 14.9. The van der Waals surface area contributed by atoms with E-state index in [1.807, 2.05) is 0 Å². The molecule has 9 atom stereocenters. The third-order valence-electron chi connectivity index (χ3n) is 11.7. The predicted molar refractivity (Wildman–Crippen MR) is 162 cm³/mol. The molecule has 9 nitrogen and oxygen atoms in total. The standard InChI is InChI=1S/C33H58N4O5/c1-35-10-12-36(13-11-35)19-24-15-25-7-9-37(20-28(25)29(16-24)34-26-8-14-41-22-26)33(40)32-30(39)17-27(38)18-31(32)42-21-23-5-3-2-4-6-23/h23-32,34,38-39H,2-22H2,1H3/t24?,25?,26-,27?,28?,29?,30?,31?,32?/m0/s1. The number of likely N-dealkylation sites (N-methyl/N-ethyl adjacent to an activating group) is 1. The van der Waals surface area contributed by atoms with Crippen molar-refractivity contribution in [1.29, 1.82) is 0 Å². The number of rotatable bonds is 8. The van der Waals surface area contributed by atoms with Gasteiger partial charge in [0.25, 0.3) is 0 Å². The lowest BCUT2D eigenvalue weighted by molar-refractivity contribution is -0.162. The molecule has 0 spiro atoms. The number of carbonyl (C=O) groups excluding carboxylic acids is 1. The minimum absolute atomic E-state index is 0.0454. The molecule has 9 heteroatoms. The number of hydrogen-bond donors (Lipinski definition) is 3. The third-order valence-corrected chi connectivity index (χ3v) is 11.7. The lowest BCUT2D eigenvalue weighted by Gasteiger charge is -2.50. The van der Waals surface area contributed by atoms with Crippen LogP contribution in [0.2, 0.25) is 0 Å². The molecule has 6 aliphatic rings. The highest BCUT2D eigenvalue weighted by atomic mass is 16.5. The van der Waals surface area contributed by atoms with Gasteiger partial charge in [-0.1, -0.05) is 19.3 Å². The van der Waals surface area contributed by atoms with E-state index in [0.29, 0.717) is 48.8 Å². The smallest absolute Gasteiger partial charge is 0.230 e. The number of ether oxygens (including phenoxy) is 2. The third kappa shape index (κ3) is 7.69. The molecular formula is C33H58N4O5. The zero-order valence-electron chi connectivity index (χ0n) is 26.1. The Bertz CT molecular complexity index is 859. The van der Waals surface area contributed by atoms with Gasteiger partial charge in [-0.25, -0.2) is 0 Å². The molecule has 3 aliphatic carbocycles. The normalized spacial score (nSPS) is 41.1. The van der Waals surface area contributed by atoms with Crippen molar-refractivity contribution in [2.75, 3.05) is 72.7 Å². The van der Waals surface area contributed by atoms with Crippen LogP contribution >= 0.6 is 0 Å². The zero-order chi connectivity index (χ0) is 29.1. The largest absolute Gasteiger partial charge is 0.393 e. The number of aliphatic hydroxyl groups is 2. The van der Waals surface area contributed by atoms with E-state index >= 15 is 0 Å². The van der Waals surface area contributed by atoms with E-state index < -0.39 is 24.2 Å². The number of carbonyl (C=O) groups is 1. The second kappa shape index (κ2) is 14.5. The Labute approximate surface area is 253 Å². The average molecular weight is 591 g/mol. The summed E-state index contributed by atoms with van der Waals surface area (Å²) >= 11 is 0. The Morgan fingerprint density at radius 1 is 0.929 bits per heavy atom. The molecule has 0 aromatic rings. The van der Waals surface area contributed by atoms with Crippen molar-refractivity contribution < 1.29 is 24.5 Å². The van der Waals surface area contributed by atoms with Gasteiger partial charge in [-0.3, -0.25) is 4.79 Å². The maximum atomic E-state index is 14.2. The molecule has 0 aromatic carbocycles. The first kappa shape index (κ1) is 31.2. The molecule has 0 aromatic heterocycles. The number of aliphatic hydroxyl groups excluding tert-OH is 2. The van der Waals surface area contributed by atoms with Crippen LogP contribution in [0, 0.1) is 29.6 Å². The van der Waals surface area contributed by atoms with Gasteiger partial charge >= 0.3 is 0 Å². The van der Waals surface area contributed by atoms with E-state index in [-0.39, 0.29) is 12.3 Å². The van der Waals surface area contributed by atoms with Gasteiger partial charge in [0.1, 0.15) is 0 Å². The maximum absolute atomic E-state index is 14.2. The van der Waals surface area contributed by atoms with Gasteiger partial charge in [0.2, 0.25) is 5.91 Å². The molecule has 0 radical (unpaired) electrons. The van der Waals surface area contributed by atoms with Crippen molar-refractivity contribution in [2.24, 2.45) is 29.6 Å². The summed E-state index contributed by atoms with van der Waals surface area (Å²) in [4.78, 5) is 21.3. The van der Waals surface area contributed by atoms with Crippen LogP contribution in [-0.4, -0.2) is 134 Å². The molecule has 8 unspecified atom stereocenters. The number of likely N-dealkylation sites (tertiary alicyclic amines) is 1. The summed E-state index contributed by atoms with van der Waals surface area (Å²) in [5.74, 6) is 1.75. The van der Waals surface area contributed by atoms with Crippen molar-refractivity contribution in [2.45, 2.75) is 101 Å².